The molecule has 1 aliphatic heterocycles. The van der Waals surface area contributed by atoms with Gasteiger partial charge in [-0.3, -0.25) is 14.2 Å². The van der Waals surface area contributed by atoms with Gasteiger partial charge >= 0.3 is 5.97 Å². The monoisotopic (exact) mass is 488 g/mol. The highest BCUT2D eigenvalue weighted by Gasteiger charge is 2.26. The molecule has 9 heteroatoms. The minimum atomic E-state index is -0.556. The normalized spacial score (nSPS) is 19.3. The van der Waals surface area contributed by atoms with E-state index in [2.05, 4.69) is 13.8 Å². The quantitative estimate of drug-likeness (QED) is 0.551. The van der Waals surface area contributed by atoms with Crippen LogP contribution in [0.5, 0.6) is 11.5 Å². The maximum absolute atomic E-state index is 13.3. The lowest BCUT2D eigenvalue weighted by Gasteiger charge is -2.35. The fraction of sp³-hybridized carbons (Fsp3) is 0.480. The number of aromatic nitrogens is 1. The van der Waals surface area contributed by atoms with Crippen molar-refractivity contribution in [2.75, 3.05) is 33.9 Å². The van der Waals surface area contributed by atoms with E-state index in [4.69, 9.17) is 14.2 Å². The van der Waals surface area contributed by atoms with Crippen LogP contribution in [0.1, 0.15) is 32.8 Å². The van der Waals surface area contributed by atoms with Crippen LogP contribution in [0.4, 0.5) is 0 Å². The number of piperidine rings is 1. The second kappa shape index (κ2) is 11.4. The third kappa shape index (κ3) is 6.28. The molecule has 3 rings (SSSR count). The standard InChI is InChI=1S/C25H32N2O6S/c1-6-33-24(29)12-23-27(15-22(28)26-13-16(2)7-17(3)14-26)25(30)21(34-23)10-18-8-19(31-4)11-20(9-18)32-5/h8-12,16-17H,6-7,13-15H2,1-5H3/b21-10+,23-12-/t16-,17+. The smallest absolute Gasteiger partial charge is 0.333 e. The van der Waals surface area contributed by atoms with Crippen LogP contribution in [0.2, 0.25) is 0 Å². The largest absolute Gasteiger partial charge is 0.497 e. The highest BCUT2D eigenvalue weighted by Crippen LogP contribution is 2.23. The first-order chi connectivity index (χ1) is 16.2. The second-order valence-corrected chi connectivity index (χ2v) is 9.69. The van der Waals surface area contributed by atoms with Crippen molar-refractivity contribution < 1.29 is 23.8 Å². The predicted octanol–water partition coefficient (Wildman–Crippen LogP) is 1.60. The van der Waals surface area contributed by atoms with Gasteiger partial charge in [0.15, 0.2) is 0 Å². The molecule has 0 aliphatic carbocycles. The van der Waals surface area contributed by atoms with E-state index in [-0.39, 0.29) is 24.6 Å². The molecule has 0 spiro atoms. The van der Waals surface area contributed by atoms with Gasteiger partial charge < -0.3 is 19.1 Å². The predicted molar refractivity (Wildman–Crippen MR) is 132 cm³/mol. The molecule has 1 aliphatic rings. The van der Waals surface area contributed by atoms with E-state index in [0.717, 1.165) is 17.8 Å². The Balaban J connectivity index is 2.05. The number of amides is 1. The first kappa shape index (κ1) is 25.6. The van der Waals surface area contributed by atoms with Crippen molar-refractivity contribution in [3.8, 4) is 11.5 Å². The molecular formula is C25H32N2O6S. The van der Waals surface area contributed by atoms with E-state index in [0.29, 0.717) is 51.2 Å². The number of hydrogen-bond donors (Lipinski definition) is 0. The highest BCUT2D eigenvalue weighted by molar-refractivity contribution is 7.07. The van der Waals surface area contributed by atoms with Crippen molar-refractivity contribution in [2.24, 2.45) is 11.8 Å². The van der Waals surface area contributed by atoms with Gasteiger partial charge in [0, 0.05) is 19.2 Å². The van der Waals surface area contributed by atoms with Crippen molar-refractivity contribution in [3.05, 3.63) is 43.3 Å². The molecular weight excluding hydrogens is 456 g/mol. The Kier molecular flexibility index (Phi) is 8.55. The number of esters is 1. The first-order valence-corrected chi connectivity index (χ1v) is 12.2. The summed E-state index contributed by atoms with van der Waals surface area (Å²) in [6, 6.07) is 5.30. The summed E-state index contributed by atoms with van der Waals surface area (Å²) in [5.74, 6) is 1.30. The van der Waals surface area contributed by atoms with Gasteiger partial charge in [-0.1, -0.05) is 13.8 Å². The van der Waals surface area contributed by atoms with Gasteiger partial charge in [0.25, 0.3) is 5.56 Å². The van der Waals surface area contributed by atoms with E-state index in [9.17, 15) is 14.4 Å². The van der Waals surface area contributed by atoms with Crippen LogP contribution in [-0.2, 0) is 20.9 Å². The highest BCUT2D eigenvalue weighted by atomic mass is 32.1. The van der Waals surface area contributed by atoms with Gasteiger partial charge in [-0.2, -0.15) is 0 Å². The first-order valence-electron chi connectivity index (χ1n) is 11.3. The van der Waals surface area contributed by atoms with E-state index < -0.39 is 5.97 Å². The van der Waals surface area contributed by atoms with Gasteiger partial charge in [0.1, 0.15) is 22.7 Å². The maximum atomic E-state index is 13.3. The van der Waals surface area contributed by atoms with Crippen molar-refractivity contribution in [1.29, 1.82) is 0 Å². The second-order valence-electron chi connectivity index (χ2n) is 8.63. The summed E-state index contributed by atoms with van der Waals surface area (Å²) >= 11 is 1.14. The SMILES string of the molecule is CCOC(=O)/C=c1\s/c(=C/c2cc(OC)cc(OC)c2)c(=O)n1CC(=O)N1C[C@H](C)C[C@H](C)C1. The lowest BCUT2D eigenvalue weighted by atomic mass is 9.92. The van der Waals surface area contributed by atoms with Crippen molar-refractivity contribution in [3.63, 3.8) is 0 Å². The molecule has 0 radical (unpaired) electrons. The molecule has 1 aromatic heterocycles. The van der Waals surface area contributed by atoms with Crippen LogP contribution >= 0.6 is 11.3 Å². The number of methoxy groups -OCH3 is 2. The molecule has 2 aromatic rings. The molecule has 34 heavy (non-hydrogen) atoms. The third-order valence-corrected chi connectivity index (χ3v) is 6.71. The Morgan fingerprint density at radius 1 is 1.09 bits per heavy atom. The minimum absolute atomic E-state index is 0.130. The lowest BCUT2D eigenvalue weighted by molar-refractivity contribution is -0.136. The third-order valence-electron chi connectivity index (χ3n) is 5.65. The number of benzene rings is 1. The molecule has 0 bridgehead atoms. The zero-order chi connectivity index (χ0) is 24.8. The van der Waals surface area contributed by atoms with Crippen LogP contribution in [0.15, 0.2) is 23.0 Å². The molecule has 184 valence electrons. The average Bonchev–Trinajstić information content (AvgIpc) is 3.06. The van der Waals surface area contributed by atoms with E-state index in [1.54, 1.807) is 45.4 Å². The number of hydrogen-bond acceptors (Lipinski definition) is 7. The zero-order valence-corrected chi connectivity index (χ0v) is 21.1. The lowest BCUT2D eigenvalue weighted by Crippen LogP contribution is -2.46. The Bertz CT molecular complexity index is 1180. The summed E-state index contributed by atoms with van der Waals surface area (Å²) in [4.78, 5) is 40.4. The summed E-state index contributed by atoms with van der Waals surface area (Å²) in [5.41, 5.74) is 0.364. The summed E-state index contributed by atoms with van der Waals surface area (Å²) in [7, 11) is 3.11. The summed E-state index contributed by atoms with van der Waals surface area (Å²) in [6.07, 6.45) is 4.05. The van der Waals surface area contributed by atoms with Crippen molar-refractivity contribution >= 4 is 35.4 Å². The van der Waals surface area contributed by atoms with E-state index >= 15 is 0 Å². The minimum Gasteiger partial charge on any atom is -0.497 e. The van der Waals surface area contributed by atoms with Crippen LogP contribution in [-0.4, -0.2) is 55.3 Å². The number of nitrogens with zero attached hydrogens (tertiary/aromatic N) is 2. The number of carbonyl (C=O) groups is 2. The number of ether oxygens (including phenoxy) is 3. The molecule has 0 unspecified atom stereocenters. The maximum Gasteiger partial charge on any atom is 0.333 e. The Labute approximate surface area is 203 Å². The molecule has 1 amide bonds. The molecule has 2 atom stereocenters. The molecule has 2 heterocycles. The fourth-order valence-corrected chi connectivity index (χ4v) is 5.27. The Morgan fingerprint density at radius 3 is 2.26 bits per heavy atom. The molecule has 0 saturated carbocycles. The summed E-state index contributed by atoms with van der Waals surface area (Å²) < 4.78 is 17.8. The van der Waals surface area contributed by atoms with Gasteiger partial charge in [0.2, 0.25) is 5.91 Å². The zero-order valence-electron chi connectivity index (χ0n) is 20.3. The van der Waals surface area contributed by atoms with Gasteiger partial charge in [-0.25, -0.2) is 4.79 Å². The number of rotatable bonds is 7. The van der Waals surface area contributed by atoms with Gasteiger partial charge in [-0.15, -0.1) is 11.3 Å². The Morgan fingerprint density at radius 2 is 1.71 bits per heavy atom. The number of thiazole rings is 1. The molecule has 8 nitrogen and oxygen atoms in total. The number of carbonyl (C=O) groups excluding carboxylic acids is 2. The average molecular weight is 489 g/mol. The van der Waals surface area contributed by atoms with Crippen LogP contribution in [0.25, 0.3) is 12.2 Å². The fourth-order valence-electron chi connectivity index (χ4n) is 4.24. The van der Waals surface area contributed by atoms with E-state index in [1.807, 2.05) is 4.90 Å². The Hall–Kier alpha value is -3.07. The molecule has 1 fully saturated rings. The molecule has 0 N–H and O–H groups in total. The van der Waals surface area contributed by atoms with Crippen LogP contribution < -0.4 is 24.2 Å². The van der Waals surface area contributed by atoms with Gasteiger partial charge in [-0.05, 0) is 49.0 Å². The number of likely N-dealkylation sites (tertiary alicyclic amines) is 1. The summed E-state index contributed by atoms with van der Waals surface area (Å²) in [5, 5.41) is 0. The van der Waals surface area contributed by atoms with Crippen molar-refractivity contribution in [1.82, 2.24) is 9.47 Å². The van der Waals surface area contributed by atoms with Crippen LogP contribution in [0.3, 0.4) is 0 Å². The van der Waals surface area contributed by atoms with Crippen LogP contribution in [0, 0.1) is 11.8 Å². The summed E-state index contributed by atoms with van der Waals surface area (Å²) in [6.45, 7) is 7.39. The molecule has 1 aromatic carbocycles. The van der Waals surface area contributed by atoms with Crippen molar-refractivity contribution in [2.45, 2.75) is 33.7 Å². The topological polar surface area (TPSA) is 87.1 Å². The van der Waals surface area contributed by atoms with E-state index in [1.165, 1.54) is 10.6 Å². The molecule has 1 saturated heterocycles. The van der Waals surface area contributed by atoms with Gasteiger partial charge in [0.05, 0.1) is 31.4 Å².